The van der Waals surface area contributed by atoms with Crippen LogP contribution < -0.4 is 10.6 Å². The first-order valence-corrected chi connectivity index (χ1v) is 8.36. The minimum absolute atomic E-state index is 0.259. The second-order valence-corrected chi connectivity index (χ2v) is 6.47. The summed E-state index contributed by atoms with van der Waals surface area (Å²) in [6.45, 7) is 0. The summed E-state index contributed by atoms with van der Waals surface area (Å²) in [5.74, 6) is -1.97. The Morgan fingerprint density at radius 3 is 1.38 bits per heavy atom. The zero-order valence-corrected chi connectivity index (χ0v) is 15.5. The molecule has 156 valence electrons. The SMILES string of the molecule is O=C(CC(=O)Nc1ccc(Cl)c(C(F)(F)F)c1)Nc1ccc(Cl)c(C(F)(F)F)c1. The van der Waals surface area contributed by atoms with Gasteiger partial charge in [0.1, 0.15) is 6.42 Å². The van der Waals surface area contributed by atoms with Crippen molar-refractivity contribution in [2.75, 3.05) is 10.6 Å². The van der Waals surface area contributed by atoms with Crippen molar-refractivity contribution in [2.45, 2.75) is 18.8 Å². The number of carbonyl (C=O) groups is 2. The highest BCUT2D eigenvalue weighted by atomic mass is 35.5. The predicted octanol–water partition coefficient (Wildman–Crippen LogP) is 6.00. The first-order valence-electron chi connectivity index (χ1n) is 7.60. The summed E-state index contributed by atoms with van der Waals surface area (Å²) in [5.41, 5.74) is -2.87. The van der Waals surface area contributed by atoms with Gasteiger partial charge in [-0.1, -0.05) is 23.2 Å². The van der Waals surface area contributed by atoms with Crippen LogP contribution in [0.3, 0.4) is 0 Å². The minimum Gasteiger partial charge on any atom is -0.326 e. The molecule has 2 N–H and O–H groups in total. The molecule has 0 radical (unpaired) electrons. The Balaban J connectivity index is 2.05. The molecule has 0 bridgehead atoms. The van der Waals surface area contributed by atoms with Gasteiger partial charge in [0, 0.05) is 11.4 Å². The fourth-order valence-corrected chi connectivity index (χ4v) is 2.65. The normalized spacial score (nSPS) is 11.9. The molecule has 0 saturated heterocycles. The Morgan fingerprint density at radius 2 is 1.07 bits per heavy atom. The molecule has 29 heavy (non-hydrogen) atoms. The molecule has 2 amide bonds. The third kappa shape index (κ3) is 6.26. The van der Waals surface area contributed by atoms with Crippen molar-refractivity contribution < 1.29 is 35.9 Å². The molecule has 0 atom stereocenters. The Hall–Kier alpha value is -2.46. The molecule has 0 heterocycles. The third-order valence-corrected chi connectivity index (χ3v) is 4.09. The Kier molecular flexibility index (Phi) is 6.69. The van der Waals surface area contributed by atoms with E-state index in [0.29, 0.717) is 12.1 Å². The van der Waals surface area contributed by atoms with Crippen LogP contribution >= 0.6 is 23.2 Å². The van der Waals surface area contributed by atoms with Crippen LogP contribution in [-0.2, 0) is 21.9 Å². The molecule has 2 rings (SSSR count). The van der Waals surface area contributed by atoms with E-state index in [2.05, 4.69) is 10.6 Å². The lowest BCUT2D eigenvalue weighted by Crippen LogP contribution is -2.22. The average Bonchev–Trinajstić information content (AvgIpc) is 2.56. The topological polar surface area (TPSA) is 58.2 Å². The standard InChI is InChI=1S/C17H10Cl2F6N2O2/c18-12-3-1-8(5-10(12)16(20,21)22)26-14(28)7-15(29)27-9-2-4-13(19)11(6-9)17(23,24)25/h1-6H,7H2,(H,26,28)(H,27,29). The molecule has 12 heteroatoms. The first-order chi connectivity index (χ1) is 13.3. The van der Waals surface area contributed by atoms with E-state index in [0.717, 1.165) is 24.3 Å². The zero-order valence-electron chi connectivity index (χ0n) is 14.0. The number of anilines is 2. The molecule has 0 aliphatic rings. The molecular formula is C17H10Cl2F6N2O2. The van der Waals surface area contributed by atoms with Crippen LogP contribution in [-0.4, -0.2) is 11.8 Å². The lowest BCUT2D eigenvalue weighted by molar-refractivity contribution is -0.138. The van der Waals surface area contributed by atoms with Crippen molar-refractivity contribution in [3.63, 3.8) is 0 Å². The van der Waals surface area contributed by atoms with E-state index in [-0.39, 0.29) is 11.4 Å². The van der Waals surface area contributed by atoms with Gasteiger partial charge in [-0.05, 0) is 36.4 Å². The number of hydrogen-bond donors (Lipinski definition) is 2. The van der Waals surface area contributed by atoms with Crippen molar-refractivity contribution in [2.24, 2.45) is 0 Å². The van der Waals surface area contributed by atoms with Crippen molar-refractivity contribution in [3.8, 4) is 0 Å². The van der Waals surface area contributed by atoms with Gasteiger partial charge >= 0.3 is 12.4 Å². The summed E-state index contributed by atoms with van der Waals surface area (Å²) < 4.78 is 76.9. The van der Waals surface area contributed by atoms with Crippen LogP contribution in [0.4, 0.5) is 37.7 Å². The number of benzene rings is 2. The summed E-state index contributed by atoms with van der Waals surface area (Å²) in [7, 11) is 0. The van der Waals surface area contributed by atoms with E-state index in [4.69, 9.17) is 23.2 Å². The predicted molar refractivity (Wildman–Crippen MR) is 94.8 cm³/mol. The van der Waals surface area contributed by atoms with Gasteiger partial charge in [-0.25, -0.2) is 0 Å². The van der Waals surface area contributed by atoms with E-state index < -0.39 is 51.8 Å². The van der Waals surface area contributed by atoms with Crippen molar-refractivity contribution in [1.82, 2.24) is 0 Å². The number of amides is 2. The summed E-state index contributed by atoms with van der Waals surface area (Å²) in [4.78, 5) is 23.7. The minimum atomic E-state index is -4.75. The lowest BCUT2D eigenvalue weighted by Gasteiger charge is -2.13. The maximum Gasteiger partial charge on any atom is 0.417 e. The highest BCUT2D eigenvalue weighted by molar-refractivity contribution is 6.32. The molecular weight excluding hydrogens is 449 g/mol. The van der Waals surface area contributed by atoms with Crippen LogP contribution in [0.5, 0.6) is 0 Å². The molecule has 0 saturated carbocycles. The number of halogens is 8. The van der Waals surface area contributed by atoms with Gasteiger partial charge in [-0.2, -0.15) is 26.3 Å². The van der Waals surface area contributed by atoms with Gasteiger partial charge in [-0.3, -0.25) is 9.59 Å². The maximum atomic E-state index is 12.8. The van der Waals surface area contributed by atoms with Gasteiger partial charge in [0.05, 0.1) is 21.2 Å². The number of carbonyl (C=O) groups excluding carboxylic acids is 2. The van der Waals surface area contributed by atoms with Gasteiger partial charge in [0.15, 0.2) is 0 Å². The van der Waals surface area contributed by atoms with Gasteiger partial charge < -0.3 is 10.6 Å². The molecule has 0 spiro atoms. The van der Waals surface area contributed by atoms with E-state index in [1.54, 1.807) is 0 Å². The van der Waals surface area contributed by atoms with Crippen molar-refractivity contribution in [3.05, 3.63) is 57.6 Å². The van der Waals surface area contributed by atoms with Crippen molar-refractivity contribution >= 4 is 46.4 Å². The van der Waals surface area contributed by atoms with Gasteiger partial charge in [0.2, 0.25) is 11.8 Å². The highest BCUT2D eigenvalue weighted by Gasteiger charge is 2.34. The molecule has 0 aliphatic heterocycles. The Bertz CT molecular complexity index is 869. The number of rotatable bonds is 4. The number of nitrogens with one attached hydrogen (secondary N) is 2. The summed E-state index contributed by atoms with van der Waals surface area (Å²) >= 11 is 10.9. The molecule has 0 aliphatic carbocycles. The lowest BCUT2D eigenvalue weighted by atomic mass is 10.2. The monoisotopic (exact) mass is 458 g/mol. The quantitative estimate of drug-likeness (QED) is 0.436. The molecule has 0 unspecified atom stereocenters. The van der Waals surface area contributed by atoms with E-state index in [9.17, 15) is 35.9 Å². The smallest absolute Gasteiger partial charge is 0.326 e. The first kappa shape index (κ1) is 22.8. The molecule has 0 fully saturated rings. The number of alkyl halides is 6. The molecule has 0 aromatic heterocycles. The second-order valence-electron chi connectivity index (χ2n) is 5.66. The Morgan fingerprint density at radius 1 is 0.724 bits per heavy atom. The fourth-order valence-electron chi connectivity index (χ4n) is 2.20. The average molecular weight is 459 g/mol. The summed E-state index contributed by atoms with van der Waals surface area (Å²) in [6, 6.07) is 5.23. The van der Waals surface area contributed by atoms with Gasteiger partial charge in [0.25, 0.3) is 0 Å². The van der Waals surface area contributed by atoms with Crippen molar-refractivity contribution in [1.29, 1.82) is 0 Å². The number of hydrogen-bond acceptors (Lipinski definition) is 2. The zero-order chi connectivity index (χ0) is 22.0. The Labute approximate surface area is 169 Å². The van der Waals surface area contributed by atoms with Crippen LogP contribution in [0, 0.1) is 0 Å². The highest BCUT2D eigenvalue weighted by Crippen LogP contribution is 2.37. The molecule has 2 aromatic carbocycles. The van der Waals surface area contributed by atoms with E-state index >= 15 is 0 Å². The largest absolute Gasteiger partial charge is 0.417 e. The van der Waals surface area contributed by atoms with E-state index in [1.165, 1.54) is 0 Å². The van der Waals surface area contributed by atoms with E-state index in [1.807, 2.05) is 0 Å². The van der Waals surface area contributed by atoms with Crippen LogP contribution in [0.1, 0.15) is 17.5 Å². The molecule has 4 nitrogen and oxygen atoms in total. The van der Waals surface area contributed by atoms with Crippen LogP contribution in [0.2, 0.25) is 10.0 Å². The van der Waals surface area contributed by atoms with Crippen LogP contribution in [0.25, 0.3) is 0 Å². The summed E-state index contributed by atoms with van der Waals surface area (Å²) in [6.07, 6.45) is -10.4. The fraction of sp³-hybridized carbons (Fsp3) is 0.176. The summed E-state index contributed by atoms with van der Waals surface area (Å²) in [5, 5.41) is 3.02. The third-order valence-electron chi connectivity index (χ3n) is 3.43. The second kappa shape index (κ2) is 8.50. The maximum absolute atomic E-state index is 12.8. The van der Waals surface area contributed by atoms with Crippen LogP contribution in [0.15, 0.2) is 36.4 Å². The molecule has 2 aromatic rings. The van der Waals surface area contributed by atoms with Gasteiger partial charge in [-0.15, -0.1) is 0 Å².